The second-order valence-corrected chi connectivity index (χ2v) is 5.60. The Morgan fingerprint density at radius 3 is 2.53 bits per heavy atom. The van der Waals surface area contributed by atoms with Crippen LogP contribution >= 0.6 is 0 Å². The van der Waals surface area contributed by atoms with Crippen LogP contribution in [0.3, 0.4) is 0 Å². The van der Waals surface area contributed by atoms with Crippen LogP contribution in [-0.4, -0.2) is 24.0 Å². The molecule has 1 fully saturated rings. The smallest absolute Gasteiger partial charge is 0.0278 e. The second kappa shape index (κ2) is 4.29. The Bertz CT molecular complexity index is 256. The molecule has 86 valence electrons. The third-order valence-electron chi connectivity index (χ3n) is 4.67. The van der Waals surface area contributed by atoms with E-state index in [2.05, 4.69) is 38.8 Å². The highest BCUT2D eigenvalue weighted by atomic mass is 15.2. The number of hydrogen-bond donors (Lipinski definition) is 0. The fourth-order valence-electron chi connectivity index (χ4n) is 3.14. The van der Waals surface area contributed by atoms with Gasteiger partial charge >= 0.3 is 0 Å². The maximum Gasteiger partial charge on any atom is 0.0278 e. The molecule has 2 rings (SSSR count). The average molecular weight is 207 g/mol. The van der Waals surface area contributed by atoms with Gasteiger partial charge in [0.2, 0.25) is 0 Å². The maximum absolute atomic E-state index is 2.57. The van der Waals surface area contributed by atoms with Crippen molar-refractivity contribution in [2.45, 2.75) is 58.5 Å². The minimum absolute atomic E-state index is 0.691. The summed E-state index contributed by atoms with van der Waals surface area (Å²) in [5.41, 5.74) is 1.77. The molecule has 0 aromatic rings. The summed E-state index contributed by atoms with van der Waals surface area (Å²) in [7, 11) is 2.27. The summed E-state index contributed by atoms with van der Waals surface area (Å²) in [4.78, 5) is 2.53. The molecule has 0 spiro atoms. The van der Waals surface area contributed by atoms with E-state index in [1.165, 1.54) is 25.7 Å². The van der Waals surface area contributed by atoms with Crippen molar-refractivity contribution in [3.63, 3.8) is 0 Å². The maximum atomic E-state index is 2.57. The summed E-state index contributed by atoms with van der Waals surface area (Å²) < 4.78 is 0. The molecule has 1 nitrogen and oxygen atoms in total. The van der Waals surface area contributed by atoms with Gasteiger partial charge in [0.1, 0.15) is 0 Å². The molecule has 1 heterocycles. The van der Waals surface area contributed by atoms with Crippen LogP contribution in [0.2, 0.25) is 0 Å². The van der Waals surface area contributed by atoms with Gasteiger partial charge in [-0.05, 0) is 51.5 Å². The molecule has 1 heteroatoms. The van der Waals surface area contributed by atoms with Gasteiger partial charge in [0.05, 0.1) is 0 Å². The van der Waals surface area contributed by atoms with E-state index >= 15 is 0 Å². The SMILES string of the molecule is CCC1C=C(C2CCC2C)CC(C)N1C. The van der Waals surface area contributed by atoms with Gasteiger partial charge in [-0.15, -0.1) is 0 Å². The van der Waals surface area contributed by atoms with Crippen molar-refractivity contribution in [1.82, 2.24) is 4.90 Å². The summed E-state index contributed by atoms with van der Waals surface area (Å²) in [5.74, 6) is 1.87. The van der Waals surface area contributed by atoms with E-state index in [1.54, 1.807) is 5.57 Å². The van der Waals surface area contributed by atoms with Crippen LogP contribution in [0.4, 0.5) is 0 Å². The van der Waals surface area contributed by atoms with Crippen molar-refractivity contribution < 1.29 is 0 Å². The Kier molecular flexibility index (Phi) is 3.20. The molecular weight excluding hydrogens is 182 g/mol. The van der Waals surface area contributed by atoms with Gasteiger partial charge < -0.3 is 0 Å². The van der Waals surface area contributed by atoms with E-state index in [4.69, 9.17) is 0 Å². The molecule has 4 unspecified atom stereocenters. The van der Waals surface area contributed by atoms with Crippen molar-refractivity contribution in [3.05, 3.63) is 11.6 Å². The molecule has 1 aliphatic carbocycles. The van der Waals surface area contributed by atoms with Crippen LogP contribution in [-0.2, 0) is 0 Å². The molecule has 1 saturated carbocycles. The predicted molar refractivity (Wildman–Crippen MR) is 65.9 cm³/mol. The molecule has 2 aliphatic rings. The summed E-state index contributed by atoms with van der Waals surface area (Å²) in [6.07, 6.45) is 8.02. The molecule has 1 aliphatic heterocycles. The van der Waals surface area contributed by atoms with Crippen LogP contribution in [0.5, 0.6) is 0 Å². The molecule has 0 bridgehead atoms. The number of rotatable bonds is 2. The lowest BCUT2D eigenvalue weighted by Gasteiger charge is -2.43. The third-order valence-corrected chi connectivity index (χ3v) is 4.67. The van der Waals surface area contributed by atoms with Gasteiger partial charge in [-0.3, -0.25) is 4.90 Å². The normalized spacial score (nSPS) is 42.3. The Hall–Kier alpha value is -0.300. The Morgan fingerprint density at radius 2 is 2.07 bits per heavy atom. The minimum atomic E-state index is 0.691. The fraction of sp³-hybridized carbons (Fsp3) is 0.857. The highest BCUT2D eigenvalue weighted by molar-refractivity contribution is 5.19. The van der Waals surface area contributed by atoms with E-state index in [9.17, 15) is 0 Å². The van der Waals surface area contributed by atoms with Crippen LogP contribution in [0.15, 0.2) is 11.6 Å². The molecule has 0 amide bonds. The van der Waals surface area contributed by atoms with E-state index in [-0.39, 0.29) is 0 Å². The zero-order chi connectivity index (χ0) is 11.0. The zero-order valence-corrected chi connectivity index (χ0v) is 10.7. The van der Waals surface area contributed by atoms with Gasteiger partial charge in [0.25, 0.3) is 0 Å². The minimum Gasteiger partial charge on any atom is -0.297 e. The van der Waals surface area contributed by atoms with Gasteiger partial charge in [0.15, 0.2) is 0 Å². The second-order valence-electron chi connectivity index (χ2n) is 5.60. The van der Waals surface area contributed by atoms with Gasteiger partial charge in [-0.1, -0.05) is 25.5 Å². The van der Waals surface area contributed by atoms with Crippen LogP contribution in [0, 0.1) is 11.8 Å². The molecule has 0 radical (unpaired) electrons. The van der Waals surface area contributed by atoms with E-state index in [1.807, 2.05) is 0 Å². The lowest BCUT2D eigenvalue weighted by Crippen LogP contribution is -2.43. The van der Waals surface area contributed by atoms with E-state index in [0.29, 0.717) is 6.04 Å². The van der Waals surface area contributed by atoms with Gasteiger partial charge in [-0.2, -0.15) is 0 Å². The highest BCUT2D eigenvalue weighted by Crippen LogP contribution is 2.42. The lowest BCUT2D eigenvalue weighted by molar-refractivity contribution is 0.164. The summed E-state index contributed by atoms with van der Waals surface area (Å²) in [5, 5.41) is 0. The summed E-state index contributed by atoms with van der Waals surface area (Å²) >= 11 is 0. The highest BCUT2D eigenvalue weighted by Gasteiger charge is 2.34. The van der Waals surface area contributed by atoms with Crippen LogP contribution in [0.25, 0.3) is 0 Å². The van der Waals surface area contributed by atoms with Crippen molar-refractivity contribution in [2.24, 2.45) is 11.8 Å². The summed E-state index contributed by atoms with van der Waals surface area (Å²) in [6, 6.07) is 1.43. The van der Waals surface area contributed by atoms with Crippen LogP contribution in [0.1, 0.15) is 46.5 Å². The van der Waals surface area contributed by atoms with Crippen molar-refractivity contribution in [2.75, 3.05) is 7.05 Å². The molecule has 0 aromatic heterocycles. The lowest BCUT2D eigenvalue weighted by atomic mass is 9.68. The number of nitrogens with zero attached hydrogens (tertiary/aromatic N) is 1. The quantitative estimate of drug-likeness (QED) is 0.627. The molecule has 0 aromatic carbocycles. The largest absolute Gasteiger partial charge is 0.297 e. The number of hydrogen-bond acceptors (Lipinski definition) is 1. The Morgan fingerprint density at radius 1 is 1.33 bits per heavy atom. The first-order valence-corrected chi connectivity index (χ1v) is 6.56. The van der Waals surface area contributed by atoms with Crippen LogP contribution < -0.4 is 0 Å². The molecule has 15 heavy (non-hydrogen) atoms. The topological polar surface area (TPSA) is 3.24 Å². The predicted octanol–water partition coefficient (Wildman–Crippen LogP) is 3.46. The first kappa shape index (κ1) is 11.2. The van der Waals surface area contributed by atoms with Gasteiger partial charge in [-0.25, -0.2) is 0 Å². The van der Waals surface area contributed by atoms with Crippen molar-refractivity contribution in [3.8, 4) is 0 Å². The average Bonchev–Trinajstić information content (AvgIpc) is 2.20. The first-order chi connectivity index (χ1) is 7.13. The first-order valence-electron chi connectivity index (χ1n) is 6.56. The Labute approximate surface area is 94.5 Å². The summed E-state index contributed by atoms with van der Waals surface area (Å²) in [6.45, 7) is 7.09. The standard InChI is InChI=1S/C14H25N/c1-5-13-9-12(8-11(3)15(13)4)14-7-6-10(14)2/h9-11,13-14H,5-8H2,1-4H3. The molecule has 0 N–H and O–H groups in total. The molecule has 0 saturated heterocycles. The van der Waals surface area contributed by atoms with E-state index in [0.717, 1.165) is 17.9 Å². The molecule has 4 atom stereocenters. The third kappa shape index (κ3) is 1.99. The number of likely N-dealkylation sites (N-methyl/N-ethyl adjacent to an activating group) is 1. The van der Waals surface area contributed by atoms with Gasteiger partial charge in [0, 0.05) is 12.1 Å². The molecular formula is C14H25N. The Balaban J connectivity index is 2.11. The monoisotopic (exact) mass is 207 g/mol. The van der Waals surface area contributed by atoms with E-state index < -0.39 is 0 Å². The zero-order valence-electron chi connectivity index (χ0n) is 10.7. The van der Waals surface area contributed by atoms with Crippen molar-refractivity contribution >= 4 is 0 Å². The van der Waals surface area contributed by atoms with Crippen molar-refractivity contribution in [1.29, 1.82) is 0 Å². The fourth-order valence-corrected chi connectivity index (χ4v) is 3.14.